The van der Waals surface area contributed by atoms with Crippen LogP contribution in [0.2, 0.25) is 10.0 Å². The Labute approximate surface area is 215 Å². The van der Waals surface area contributed by atoms with Gasteiger partial charge in [-0.25, -0.2) is 9.97 Å². The van der Waals surface area contributed by atoms with E-state index in [-0.39, 0.29) is 17.6 Å². The highest BCUT2D eigenvalue weighted by atomic mass is 35.5. The van der Waals surface area contributed by atoms with Crippen LogP contribution in [-0.2, 0) is 0 Å². The molecule has 1 atom stereocenters. The van der Waals surface area contributed by atoms with Gasteiger partial charge < -0.3 is 20.7 Å². The number of benzene rings is 2. The maximum atomic E-state index is 12.7. The lowest BCUT2D eigenvalue weighted by atomic mass is 10.1. The Bertz CT molecular complexity index is 1160. The highest BCUT2D eigenvalue weighted by Gasteiger charge is 2.19. The molecule has 184 valence electrons. The van der Waals surface area contributed by atoms with E-state index in [4.69, 9.17) is 33.7 Å². The zero-order valence-corrected chi connectivity index (χ0v) is 21.1. The van der Waals surface area contributed by atoms with Crippen molar-refractivity contribution in [2.24, 2.45) is 0 Å². The summed E-state index contributed by atoms with van der Waals surface area (Å²) in [5.41, 5.74) is 8.50. The normalized spacial score (nSPS) is 14.6. The molecule has 1 aromatic heterocycles. The minimum absolute atomic E-state index is 0.116. The molecule has 0 bridgehead atoms. The fourth-order valence-corrected chi connectivity index (χ4v) is 4.87. The van der Waals surface area contributed by atoms with Crippen molar-refractivity contribution in [2.45, 2.75) is 32.3 Å². The van der Waals surface area contributed by atoms with Crippen molar-refractivity contribution in [3.63, 3.8) is 0 Å². The molecule has 3 N–H and O–H groups in total. The minimum Gasteiger partial charge on any atom is -0.467 e. The number of amides is 1. The van der Waals surface area contributed by atoms with Gasteiger partial charge in [-0.15, -0.1) is 0 Å². The van der Waals surface area contributed by atoms with Crippen LogP contribution in [0, 0.1) is 0 Å². The molecule has 2 aromatic carbocycles. The molecule has 1 amide bonds. The second kappa shape index (κ2) is 11.7. The summed E-state index contributed by atoms with van der Waals surface area (Å²) < 4.78 is 5.99. The Morgan fingerprint density at radius 3 is 2.63 bits per heavy atom. The van der Waals surface area contributed by atoms with Crippen molar-refractivity contribution in [1.82, 2.24) is 20.2 Å². The van der Waals surface area contributed by atoms with E-state index in [0.29, 0.717) is 33.4 Å². The summed E-state index contributed by atoms with van der Waals surface area (Å²) in [5.74, 6) is 0.202. The molecule has 1 unspecified atom stereocenters. The molecule has 9 heteroatoms. The monoisotopic (exact) mass is 513 g/mol. The molecular weight excluding hydrogens is 485 g/mol. The van der Waals surface area contributed by atoms with Gasteiger partial charge in [0.25, 0.3) is 11.8 Å². The first-order valence-corrected chi connectivity index (χ1v) is 12.5. The van der Waals surface area contributed by atoms with E-state index in [2.05, 4.69) is 20.2 Å². The number of halogens is 2. The van der Waals surface area contributed by atoms with Gasteiger partial charge in [-0.2, -0.15) is 0 Å². The van der Waals surface area contributed by atoms with E-state index in [1.165, 1.54) is 12.8 Å². The summed E-state index contributed by atoms with van der Waals surface area (Å²) in [6.07, 6.45) is 4.53. The van der Waals surface area contributed by atoms with Crippen LogP contribution in [0.15, 0.2) is 48.7 Å². The van der Waals surface area contributed by atoms with Crippen LogP contribution in [0.25, 0.3) is 11.3 Å². The van der Waals surface area contributed by atoms with Crippen molar-refractivity contribution >= 4 is 34.9 Å². The lowest BCUT2D eigenvalue weighted by Gasteiger charge is -2.18. The average molecular weight is 514 g/mol. The molecule has 1 saturated heterocycles. The molecule has 0 saturated carbocycles. The third kappa shape index (κ3) is 6.42. The number of nitrogens with two attached hydrogens (primary N) is 1. The number of aromatic nitrogens is 2. The highest BCUT2D eigenvalue weighted by molar-refractivity contribution is 6.36. The molecule has 1 aliphatic heterocycles. The second-order valence-electron chi connectivity index (χ2n) is 8.58. The third-order valence-corrected chi connectivity index (χ3v) is 6.68. The number of ether oxygens (including phenoxy) is 1. The van der Waals surface area contributed by atoms with Crippen LogP contribution in [0.4, 0.5) is 5.82 Å². The quantitative estimate of drug-likeness (QED) is 0.372. The summed E-state index contributed by atoms with van der Waals surface area (Å²) in [4.78, 5) is 23.9. The molecule has 4 rings (SSSR count). The summed E-state index contributed by atoms with van der Waals surface area (Å²) in [6.45, 7) is 5.79. The lowest BCUT2D eigenvalue weighted by molar-refractivity contribution is 0.0952. The first-order chi connectivity index (χ1) is 16.9. The van der Waals surface area contributed by atoms with E-state index in [1.54, 1.807) is 36.5 Å². The van der Waals surface area contributed by atoms with Crippen molar-refractivity contribution in [3.05, 3.63) is 69.8 Å². The van der Waals surface area contributed by atoms with Gasteiger partial charge in [-0.05, 0) is 70.1 Å². The van der Waals surface area contributed by atoms with Crippen LogP contribution in [0.5, 0.6) is 5.88 Å². The van der Waals surface area contributed by atoms with Gasteiger partial charge in [-0.3, -0.25) is 4.79 Å². The number of rotatable bonds is 9. The molecule has 0 aliphatic carbocycles. The molecule has 2 heterocycles. The van der Waals surface area contributed by atoms with Crippen molar-refractivity contribution < 1.29 is 9.53 Å². The number of nitrogen functional groups attached to an aromatic ring is 1. The van der Waals surface area contributed by atoms with Crippen molar-refractivity contribution in [3.8, 4) is 17.1 Å². The Balaban J connectivity index is 1.44. The zero-order valence-electron chi connectivity index (χ0n) is 19.6. The molecule has 35 heavy (non-hydrogen) atoms. The smallest absolute Gasteiger partial charge is 0.258 e. The average Bonchev–Trinajstić information content (AvgIpc) is 3.37. The van der Waals surface area contributed by atoms with E-state index in [0.717, 1.165) is 31.6 Å². The van der Waals surface area contributed by atoms with Gasteiger partial charge in [0.2, 0.25) is 0 Å². The summed E-state index contributed by atoms with van der Waals surface area (Å²) in [6, 6.07) is 12.5. The maximum Gasteiger partial charge on any atom is 0.258 e. The second-order valence-corrected chi connectivity index (χ2v) is 9.39. The number of carbonyl (C=O) groups excluding carboxylic acids is 1. The number of carbonyl (C=O) groups is 1. The molecular formula is C26H29Cl2N5O2. The minimum atomic E-state index is -0.499. The molecule has 1 fully saturated rings. The predicted molar refractivity (Wildman–Crippen MR) is 140 cm³/mol. The van der Waals surface area contributed by atoms with Gasteiger partial charge in [0, 0.05) is 33.3 Å². The largest absolute Gasteiger partial charge is 0.467 e. The van der Waals surface area contributed by atoms with E-state index in [1.807, 2.05) is 19.1 Å². The number of hydrogen-bond donors (Lipinski definition) is 2. The van der Waals surface area contributed by atoms with Crippen LogP contribution in [0.1, 0.15) is 48.2 Å². The van der Waals surface area contributed by atoms with Crippen LogP contribution >= 0.6 is 23.2 Å². The standard InChI is InChI=1S/C26H29Cl2N5O2/c1-17(23-20(27)9-5-10-21(23)28)35-26-24(29)31-16-22(32-26)18-7-4-8-19(15-18)25(34)30-11-6-14-33-12-2-3-13-33/h4-5,7-10,15-17H,2-3,6,11-14H2,1H3,(H2,29,31)(H,30,34). The highest BCUT2D eigenvalue weighted by Crippen LogP contribution is 2.34. The molecule has 1 aliphatic rings. The van der Waals surface area contributed by atoms with Gasteiger partial charge in [-0.1, -0.05) is 41.4 Å². The van der Waals surface area contributed by atoms with Crippen LogP contribution in [0.3, 0.4) is 0 Å². The summed E-state index contributed by atoms with van der Waals surface area (Å²) in [5, 5.41) is 3.99. The Morgan fingerprint density at radius 2 is 1.89 bits per heavy atom. The van der Waals surface area contributed by atoms with Gasteiger partial charge in [0.15, 0.2) is 5.82 Å². The Morgan fingerprint density at radius 1 is 1.17 bits per heavy atom. The lowest BCUT2D eigenvalue weighted by Crippen LogP contribution is -2.28. The number of nitrogens with zero attached hydrogens (tertiary/aromatic N) is 3. The molecule has 3 aromatic rings. The Hall–Kier alpha value is -2.87. The third-order valence-electron chi connectivity index (χ3n) is 6.02. The first kappa shape index (κ1) is 25.2. The summed E-state index contributed by atoms with van der Waals surface area (Å²) >= 11 is 12.6. The maximum absolute atomic E-state index is 12.7. The van der Waals surface area contributed by atoms with Crippen molar-refractivity contribution in [1.29, 1.82) is 0 Å². The van der Waals surface area contributed by atoms with Crippen LogP contribution in [-0.4, -0.2) is 47.0 Å². The molecule has 7 nitrogen and oxygen atoms in total. The number of anilines is 1. The fraction of sp³-hybridized carbons (Fsp3) is 0.346. The molecule has 0 radical (unpaired) electrons. The van der Waals surface area contributed by atoms with Crippen LogP contribution < -0.4 is 15.8 Å². The van der Waals surface area contributed by atoms with Gasteiger partial charge in [0.05, 0.1) is 11.9 Å². The van der Waals surface area contributed by atoms with E-state index >= 15 is 0 Å². The fourth-order valence-electron chi connectivity index (χ4n) is 4.17. The van der Waals surface area contributed by atoms with E-state index in [9.17, 15) is 4.79 Å². The SMILES string of the molecule is CC(Oc1nc(-c2cccc(C(=O)NCCCN3CCCC3)c2)cnc1N)c1c(Cl)cccc1Cl. The summed E-state index contributed by atoms with van der Waals surface area (Å²) in [7, 11) is 0. The van der Waals surface area contributed by atoms with Crippen molar-refractivity contribution in [2.75, 3.05) is 31.9 Å². The Kier molecular flexibility index (Phi) is 8.44. The van der Waals surface area contributed by atoms with Gasteiger partial charge in [0.1, 0.15) is 6.10 Å². The van der Waals surface area contributed by atoms with E-state index < -0.39 is 6.10 Å². The zero-order chi connectivity index (χ0) is 24.8. The number of hydrogen-bond acceptors (Lipinski definition) is 6. The predicted octanol–water partition coefficient (Wildman–Crippen LogP) is 5.39. The number of likely N-dealkylation sites (tertiary alicyclic amines) is 1. The van der Waals surface area contributed by atoms with Gasteiger partial charge >= 0.3 is 0 Å². The first-order valence-electron chi connectivity index (χ1n) is 11.8. The topological polar surface area (TPSA) is 93.4 Å². The molecule has 0 spiro atoms. The number of nitrogens with one attached hydrogen (secondary N) is 1.